The number of pyridine rings is 2. The fourth-order valence-corrected chi connectivity index (χ4v) is 5.92. The fourth-order valence-electron chi connectivity index (χ4n) is 5.92. The van der Waals surface area contributed by atoms with Crippen LogP contribution in [0.1, 0.15) is 54.0 Å². The average Bonchev–Trinajstić information content (AvgIpc) is 3.55. The minimum absolute atomic E-state index is 0. The van der Waals surface area contributed by atoms with E-state index in [1.807, 2.05) is 99.6 Å². The third kappa shape index (κ3) is 6.76. The molecule has 1 radical (unpaired) electrons. The Hall–Kier alpha value is -5.14. The molecule has 0 saturated heterocycles. The van der Waals surface area contributed by atoms with Crippen LogP contribution in [0.2, 0.25) is 0 Å². The van der Waals surface area contributed by atoms with Crippen LogP contribution in [0, 0.1) is 42.6 Å². The van der Waals surface area contributed by atoms with Crippen molar-refractivity contribution in [2.45, 2.75) is 40.8 Å². The van der Waals surface area contributed by atoms with E-state index in [2.05, 4.69) is 28.2 Å². The summed E-state index contributed by atoms with van der Waals surface area (Å²) in [6, 6.07) is 38.2. The molecule has 0 spiro atoms. The normalized spacial score (nSPS) is 14.5. The first-order valence-corrected chi connectivity index (χ1v) is 15.5. The van der Waals surface area contributed by atoms with Crippen LogP contribution in [0.15, 0.2) is 114 Å². The Morgan fingerprint density at radius 1 is 0.796 bits per heavy atom. The van der Waals surface area contributed by atoms with E-state index >= 15 is 0 Å². The van der Waals surface area contributed by atoms with Gasteiger partial charge in [0.1, 0.15) is 5.58 Å². The van der Waals surface area contributed by atoms with Crippen LogP contribution in [0.3, 0.4) is 0 Å². The van der Waals surface area contributed by atoms with Crippen molar-refractivity contribution in [3.05, 3.63) is 144 Å². The van der Waals surface area contributed by atoms with E-state index in [1.54, 1.807) is 18.3 Å². The Bertz CT molecular complexity index is 2800. The first-order valence-electron chi connectivity index (χ1n) is 19.5. The number of hydrogen-bond acceptors (Lipinski definition) is 4. The van der Waals surface area contributed by atoms with Gasteiger partial charge in [-0.25, -0.2) is 0 Å². The van der Waals surface area contributed by atoms with Crippen LogP contribution in [-0.2, 0) is 26.5 Å². The van der Waals surface area contributed by atoms with Crippen molar-refractivity contribution in [3.63, 3.8) is 0 Å². The maximum atomic E-state index is 9.95. The zero-order valence-electron chi connectivity index (χ0n) is 35.0. The zero-order chi connectivity index (χ0) is 40.2. The Kier molecular flexibility index (Phi) is 7.00. The topological polar surface area (TPSA) is 62.7 Å². The zero-order valence-corrected chi connectivity index (χ0v) is 29.4. The first kappa shape index (κ1) is 24.9. The maximum absolute atomic E-state index is 9.95. The van der Waals surface area contributed by atoms with Crippen molar-refractivity contribution in [1.82, 2.24) is 9.97 Å². The summed E-state index contributed by atoms with van der Waals surface area (Å²) in [5.74, 6) is 0. The predicted molar refractivity (Wildman–Crippen MR) is 197 cm³/mol. The summed E-state index contributed by atoms with van der Waals surface area (Å²) in [7, 11) is 0. The van der Waals surface area contributed by atoms with Gasteiger partial charge in [-0.1, -0.05) is 91.9 Å². The molecule has 3 aromatic heterocycles. The molecule has 0 fully saturated rings. The number of benzene rings is 5. The van der Waals surface area contributed by atoms with Gasteiger partial charge in [-0.15, -0.1) is 54.1 Å². The fraction of sp³-hybridized carbons (Fsp3) is 0.159. The van der Waals surface area contributed by atoms with E-state index in [1.165, 1.54) is 6.07 Å². The van der Waals surface area contributed by atoms with Crippen molar-refractivity contribution in [2.24, 2.45) is 5.41 Å². The molecule has 49 heavy (non-hydrogen) atoms. The van der Waals surface area contributed by atoms with Crippen molar-refractivity contribution < 1.29 is 35.5 Å². The van der Waals surface area contributed by atoms with Gasteiger partial charge in [-0.3, -0.25) is 0 Å². The molecule has 3 heterocycles. The summed E-state index contributed by atoms with van der Waals surface area (Å²) in [4.78, 5) is 8.65. The minimum Gasteiger partial charge on any atom is -0.501 e. The van der Waals surface area contributed by atoms with Crippen molar-refractivity contribution in [3.8, 4) is 28.6 Å². The Morgan fingerprint density at radius 2 is 1.61 bits per heavy atom. The summed E-state index contributed by atoms with van der Waals surface area (Å²) in [6.07, 6.45) is 1.31. The number of rotatable bonds is 3. The number of nitrogens with zero attached hydrogens (tertiary/aromatic N) is 3. The summed E-state index contributed by atoms with van der Waals surface area (Å²) in [6.45, 7) is 0.408. The van der Waals surface area contributed by atoms with Crippen LogP contribution in [0.5, 0.6) is 0 Å². The van der Waals surface area contributed by atoms with Crippen molar-refractivity contribution >= 4 is 43.5 Å². The Morgan fingerprint density at radius 3 is 2.35 bits per heavy atom. The van der Waals surface area contributed by atoms with Crippen LogP contribution >= 0.6 is 0 Å². The van der Waals surface area contributed by atoms with Gasteiger partial charge < -0.3 is 14.4 Å². The van der Waals surface area contributed by atoms with Gasteiger partial charge in [0, 0.05) is 54.2 Å². The van der Waals surface area contributed by atoms with Gasteiger partial charge in [0.25, 0.3) is 0 Å². The van der Waals surface area contributed by atoms with E-state index in [0.717, 1.165) is 49.8 Å². The molecule has 0 bridgehead atoms. The van der Waals surface area contributed by atoms with E-state index in [9.17, 15) is 5.26 Å². The van der Waals surface area contributed by atoms with E-state index < -0.39 is 25.5 Å². The van der Waals surface area contributed by atoms with Crippen LogP contribution in [-0.4, -0.2) is 9.97 Å². The van der Waals surface area contributed by atoms with Gasteiger partial charge >= 0.3 is 0 Å². The number of hydrogen-bond donors (Lipinski definition) is 0. The van der Waals surface area contributed by atoms with Gasteiger partial charge in [-0.2, -0.15) is 5.26 Å². The molecule has 0 amide bonds. The molecule has 0 N–H and O–H groups in total. The van der Waals surface area contributed by atoms with Crippen LogP contribution in [0.25, 0.3) is 66.0 Å². The summed E-state index contributed by atoms with van der Waals surface area (Å²) in [5.41, 5.74) is 3.33. The monoisotopic (exact) mass is 822 g/mol. The third-order valence-corrected chi connectivity index (χ3v) is 7.97. The Balaban J connectivity index is 0.000000233. The molecule has 5 aromatic carbocycles. The van der Waals surface area contributed by atoms with E-state index in [0.29, 0.717) is 27.9 Å². The number of aromatic nitrogens is 2. The SMILES string of the molecule is [2H]C([2H])([2H])c1cnc(-c2[c-]ccc3c2oc2cc(C#N)c4c5ccccc5ccc4c23)cc1C([2H])([2H])[2H].[2H]C([2H])(c1ccc(-c2[c-]cccc2)nc1)C(C)(C)C.[Ir]. The predicted octanol–water partition coefficient (Wildman–Crippen LogP) is 11.4. The molecule has 5 heteroatoms. The van der Waals surface area contributed by atoms with Crippen LogP contribution < -0.4 is 0 Å². The molecule has 0 unspecified atom stereocenters. The van der Waals surface area contributed by atoms with Gasteiger partial charge in [0.05, 0.1) is 17.2 Å². The summed E-state index contributed by atoms with van der Waals surface area (Å²) < 4.78 is 69.6. The van der Waals surface area contributed by atoms with Crippen molar-refractivity contribution in [2.75, 3.05) is 0 Å². The van der Waals surface area contributed by atoms with E-state index in [4.69, 9.17) is 15.4 Å². The first-order chi connectivity index (χ1) is 26.4. The largest absolute Gasteiger partial charge is 0.501 e. The minimum atomic E-state index is -2.65. The average molecular weight is 822 g/mol. The van der Waals surface area contributed by atoms with E-state index in [-0.39, 0.29) is 36.9 Å². The number of nitriles is 1. The molecule has 0 aliphatic heterocycles. The number of fused-ring (bicyclic) bond motifs is 7. The molecule has 8 aromatic rings. The smallest absolute Gasteiger partial charge is 0.122 e. The molecule has 0 aliphatic carbocycles. The van der Waals surface area contributed by atoms with Gasteiger partial charge in [0.2, 0.25) is 0 Å². The summed E-state index contributed by atoms with van der Waals surface area (Å²) >= 11 is 0. The molecule has 243 valence electrons. The number of furan rings is 1. The molecule has 0 aliphatic rings. The number of aryl methyl sites for hydroxylation is 2. The van der Waals surface area contributed by atoms with Gasteiger partial charge in [0.15, 0.2) is 0 Å². The second-order valence-corrected chi connectivity index (χ2v) is 12.5. The molecule has 0 atom stereocenters. The van der Waals surface area contributed by atoms with Crippen LogP contribution in [0.4, 0.5) is 0 Å². The molecular formula is C44H35IrN3O-2. The quantitative estimate of drug-likeness (QED) is 0.132. The molecule has 0 saturated carbocycles. The maximum Gasteiger partial charge on any atom is 0.122 e. The standard InChI is InChI=1S/C28H17N2O.C16H18N.Ir/c1-16-12-24(30-15-17(16)2)21-8-5-9-23-27-22-11-10-18-6-3-4-7-20(18)26(22)19(14-29)13-25(27)31-28(21)23;1-16(2,3)11-13-9-10-15(17-12-13)14-7-5-4-6-8-14;/h3-7,9-13,15H,1-2H3;4-7,9-10,12H,11H2,1-3H3;/q2*-1;/i1D3,2D3;11D2;. The van der Waals surface area contributed by atoms with Crippen molar-refractivity contribution in [1.29, 1.82) is 5.26 Å². The molecular weight excluding hydrogens is 779 g/mol. The molecule has 8 rings (SSSR count). The third-order valence-electron chi connectivity index (χ3n) is 7.97. The second kappa shape index (κ2) is 13.8. The molecule has 4 nitrogen and oxygen atoms in total. The summed E-state index contributed by atoms with van der Waals surface area (Å²) in [5, 5.41) is 15.2. The van der Waals surface area contributed by atoms with Gasteiger partial charge in [-0.05, 0) is 70.2 Å². The Labute approximate surface area is 312 Å². The second-order valence-electron chi connectivity index (χ2n) is 12.5.